The van der Waals surface area contributed by atoms with Crippen molar-refractivity contribution in [3.63, 3.8) is 0 Å². The molecule has 6 heteroatoms. The SMILES string of the molecule is O=C(c1ccccc1OC(F)F)N(CCBr)C1CCC1. The summed E-state index contributed by atoms with van der Waals surface area (Å²) in [6, 6.07) is 6.36. The number of amides is 1. The summed E-state index contributed by atoms with van der Waals surface area (Å²) in [5, 5.41) is 0.660. The van der Waals surface area contributed by atoms with Gasteiger partial charge in [0, 0.05) is 17.9 Å². The predicted octanol–water partition coefficient (Wildman–Crippen LogP) is 3.68. The van der Waals surface area contributed by atoms with E-state index < -0.39 is 6.61 Å². The fraction of sp³-hybridized carbons (Fsp3) is 0.500. The molecule has 1 aromatic carbocycles. The van der Waals surface area contributed by atoms with Crippen LogP contribution in [-0.4, -0.2) is 35.3 Å². The van der Waals surface area contributed by atoms with Crippen LogP contribution in [-0.2, 0) is 0 Å². The minimum atomic E-state index is -2.93. The van der Waals surface area contributed by atoms with Gasteiger partial charge in [-0.15, -0.1) is 0 Å². The molecule has 0 saturated heterocycles. The molecular formula is C14H16BrF2NO2. The highest BCUT2D eigenvalue weighted by Gasteiger charge is 2.30. The molecule has 0 atom stereocenters. The first kappa shape index (κ1) is 15.2. The van der Waals surface area contributed by atoms with Gasteiger partial charge in [0.2, 0.25) is 0 Å². The van der Waals surface area contributed by atoms with E-state index in [1.807, 2.05) is 0 Å². The number of carbonyl (C=O) groups is 1. The van der Waals surface area contributed by atoms with Crippen LogP contribution < -0.4 is 4.74 Å². The predicted molar refractivity (Wildman–Crippen MR) is 75.5 cm³/mol. The number of alkyl halides is 3. The van der Waals surface area contributed by atoms with Crippen LogP contribution in [0, 0.1) is 0 Å². The molecule has 1 aromatic rings. The third-order valence-corrected chi connectivity index (χ3v) is 3.79. The Morgan fingerprint density at radius 1 is 1.40 bits per heavy atom. The van der Waals surface area contributed by atoms with Crippen LogP contribution in [0.2, 0.25) is 0 Å². The summed E-state index contributed by atoms with van der Waals surface area (Å²) in [5.41, 5.74) is 0.195. The molecule has 1 saturated carbocycles. The Kier molecular flexibility index (Phi) is 5.34. The van der Waals surface area contributed by atoms with Gasteiger partial charge in [0.1, 0.15) is 5.75 Å². The summed E-state index contributed by atoms with van der Waals surface area (Å²) in [7, 11) is 0. The maximum Gasteiger partial charge on any atom is 0.387 e. The summed E-state index contributed by atoms with van der Waals surface area (Å²) >= 11 is 3.33. The lowest BCUT2D eigenvalue weighted by Gasteiger charge is -2.37. The average molecular weight is 348 g/mol. The number of para-hydroxylation sites is 1. The minimum Gasteiger partial charge on any atom is -0.434 e. The van der Waals surface area contributed by atoms with Crippen molar-refractivity contribution in [3.05, 3.63) is 29.8 Å². The first-order chi connectivity index (χ1) is 9.63. The normalized spacial score (nSPS) is 15.0. The first-order valence-electron chi connectivity index (χ1n) is 6.54. The van der Waals surface area contributed by atoms with E-state index in [9.17, 15) is 13.6 Å². The van der Waals surface area contributed by atoms with Crippen LogP contribution in [0.1, 0.15) is 29.6 Å². The second-order valence-corrected chi connectivity index (χ2v) is 5.44. The lowest BCUT2D eigenvalue weighted by molar-refractivity contribution is -0.0503. The molecule has 110 valence electrons. The Morgan fingerprint density at radius 2 is 2.10 bits per heavy atom. The van der Waals surface area contributed by atoms with E-state index in [2.05, 4.69) is 20.7 Å². The molecule has 0 spiro atoms. The van der Waals surface area contributed by atoms with Crippen molar-refractivity contribution in [1.29, 1.82) is 0 Å². The second-order valence-electron chi connectivity index (χ2n) is 4.65. The lowest BCUT2D eigenvalue weighted by atomic mass is 9.91. The summed E-state index contributed by atoms with van der Waals surface area (Å²) in [5.74, 6) is -0.309. The van der Waals surface area contributed by atoms with E-state index in [1.54, 1.807) is 17.0 Å². The molecule has 0 radical (unpaired) electrons. The summed E-state index contributed by atoms with van der Waals surface area (Å²) in [6.07, 6.45) is 3.04. The van der Waals surface area contributed by atoms with E-state index in [0.29, 0.717) is 11.9 Å². The molecule has 0 aromatic heterocycles. The summed E-state index contributed by atoms with van der Waals surface area (Å²) < 4.78 is 29.2. The molecule has 3 nitrogen and oxygen atoms in total. The maximum absolute atomic E-state index is 12.6. The number of nitrogens with zero attached hydrogens (tertiary/aromatic N) is 1. The number of carbonyl (C=O) groups excluding carboxylic acids is 1. The molecule has 0 heterocycles. The smallest absolute Gasteiger partial charge is 0.387 e. The van der Waals surface area contributed by atoms with Crippen LogP contribution in [0.25, 0.3) is 0 Å². The quantitative estimate of drug-likeness (QED) is 0.734. The first-order valence-corrected chi connectivity index (χ1v) is 7.66. The third-order valence-electron chi connectivity index (χ3n) is 3.44. The van der Waals surface area contributed by atoms with Crippen molar-refractivity contribution < 1.29 is 18.3 Å². The molecule has 2 rings (SSSR count). The van der Waals surface area contributed by atoms with Crippen LogP contribution in [0.4, 0.5) is 8.78 Å². The highest BCUT2D eigenvalue weighted by molar-refractivity contribution is 9.09. The molecule has 1 fully saturated rings. The van der Waals surface area contributed by atoms with Gasteiger partial charge in [-0.3, -0.25) is 4.79 Å². The van der Waals surface area contributed by atoms with Crippen LogP contribution >= 0.6 is 15.9 Å². The fourth-order valence-corrected chi connectivity index (χ4v) is 2.62. The van der Waals surface area contributed by atoms with Gasteiger partial charge in [-0.25, -0.2) is 0 Å². The Balaban J connectivity index is 2.21. The van der Waals surface area contributed by atoms with Gasteiger partial charge in [-0.2, -0.15) is 8.78 Å². The van der Waals surface area contributed by atoms with Gasteiger partial charge in [0.25, 0.3) is 5.91 Å². The molecular weight excluding hydrogens is 332 g/mol. The summed E-state index contributed by atoms with van der Waals surface area (Å²) in [6.45, 7) is -2.37. The van der Waals surface area contributed by atoms with Crippen LogP contribution in [0.15, 0.2) is 24.3 Å². The monoisotopic (exact) mass is 347 g/mol. The average Bonchev–Trinajstić information content (AvgIpc) is 2.35. The van der Waals surface area contributed by atoms with Gasteiger partial charge < -0.3 is 9.64 Å². The standard InChI is InChI=1S/C14H16BrF2NO2/c15-8-9-18(10-4-3-5-10)13(19)11-6-1-2-7-12(11)20-14(16)17/h1-2,6-7,10,14H,3-5,8-9H2. The van der Waals surface area contributed by atoms with E-state index in [0.717, 1.165) is 19.3 Å². The Labute approximate surface area is 125 Å². The van der Waals surface area contributed by atoms with Gasteiger partial charge in [-0.05, 0) is 31.4 Å². The van der Waals surface area contributed by atoms with Crippen molar-refractivity contribution in [2.24, 2.45) is 0 Å². The number of hydrogen-bond donors (Lipinski definition) is 0. The van der Waals surface area contributed by atoms with E-state index in [4.69, 9.17) is 0 Å². The fourth-order valence-electron chi connectivity index (χ4n) is 2.24. The van der Waals surface area contributed by atoms with E-state index in [-0.39, 0.29) is 23.3 Å². The molecule has 1 amide bonds. The summed E-state index contributed by atoms with van der Waals surface area (Å²) in [4.78, 5) is 14.3. The van der Waals surface area contributed by atoms with Crippen molar-refractivity contribution >= 4 is 21.8 Å². The van der Waals surface area contributed by atoms with Crippen molar-refractivity contribution in [1.82, 2.24) is 4.90 Å². The van der Waals surface area contributed by atoms with E-state index >= 15 is 0 Å². The minimum absolute atomic E-state index is 0.0635. The maximum atomic E-state index is 12.6. The van der Waals surface area contributed by atoms with Crippen molar-refractivity contribution in [2.45, 2.75) is 31.9 Å². The molecule has 1 aliphatic carbocycles. The molecule has 0 unspecified atom stereocenters. The molecule has 0 N–H and O–H groups in total. The number of benzene rings is 1. The van der Waals surface area contributed by atoms with Crippen LogP contribution in [0.3, 0.4) is 0 Å². The number of hydrogen-bond acceptors (Lipinski definition) is 2. The Morgan fingerprint density at radius 3 is 2.65 bits per heavy atom. The van der Waals surface area contributed by atoms with Crippen molar-refractivity contribution in [2.75, 3.05) is 11.9 Å². The molecule has 1 aliphatic rings. The Bertz CT molecular complexity index is 466. The van der Waals surface area contributed by atoms with Gasteiger partial charge >= 0.3 is 6.61 Å². The largest absolute Gasteiger partial charge is 0.434 e. The molecule has 0 aliphatic heterocycles. The van der Waals surface area contributed by atoms with Gasteiger partial charge in [0.15, 0.2) is 0 Å². The lowest BCUT2D eigenvalue weighted by Crippen LogP contribution is -2.45. The van der Waals surface area contributed by atoms with Gasteiger partial charge in [-0.1, -0.05) is 28.1 Å². The zero-order chi connectivity index (χ0) is 14.5. The van der Waals surface area contributed by atoms with Crippen molar-refractivity contribution in [3.8, 4) is 5.75 Å². The van der Waals surface area contributed by atoms with Gasteiger partial charge in [0.05, 0.1) is 5.56 Å². The number of halogens is 3. The zero-order valence-electron chi connectivity index (χ0n) is 10.9. The number of rotatable bonds is 6. The zero-order valence-corrected chi connectivity index (χ0v) is 12.5. The highest BCUT2D eigenvalue weighted by Crippen LogP contribution is 2.29. The Hall–Kier alpha value is -1.17. The number of ether oxygens (including phenoxy) is 1. The molecule has 0 bridgehead atoms. The highest BCUT2D eigenvalue weighted by atomic mass is 79.9. The second kappa shape index (κ2) is 7.02. The van der Waals surface area contributed by atoms with E-state index in [1.165, 1.54) is 12.1 Å². The molecule has 20 heavy (non-hydrogen) atoms. The topological polar surface area (TPSA) is 29.5 Å². The third kappa shape index (κ3) is 3.48. The van der Waals surface area contributed by atoms with Crippen LogP contribution in [0.5, 0.6) is 5.75 Å².